The first kappa shape index (κ1) is 23.7. The van der Waals surface area contributed by atoms with E-state index in [1.54, 1.807) is 0 Å². The van der Waals surface area contributed by atoms with Crippen LogP contribution in [-0.2, 0) is 28.8 Å². The second kappa shape index (κ2) is 8.51. The minimum atomic E-state index is -1.80. The zero-order valence-electron chi connectivity index (χ0n) is 18.2. The summed E-state index contributed by atoms with van der Waals surface area (Å²) in [6.07, 6.45) is 2.86. The van der Waals surface area contributed by atoms with Crippen LogP contribution in [0.5, 0.6) is 0 Å². The number of carbonyl (C=O) groups excluding carboxylic acids is 6. The molecule has 0 aromatic heterocycles. The quantitative estimate of drug-likeness (QED) is 0.331. The molecule has 32 heavy (non-hydrogen) atoms. The highest BCUT2D eigenvalue weighted by molar-refractivity contribution is 6.30. The number of piperazine rings is 1. The van der Waals surface area contributed by atoms with Crippen molar-refractivity contribution in [2.24, 2.45) is 22.3 Å². The van der Waals surface area contributed by atoms with E-state index in [1.807, 2.05) is 0 Å². The number of allylic oxidation sites excluding steroid dienone is 4. The molecule has 1 aliphatic heterocycles. The van der Waals surface area contributed by atoms with E-state index in [0.717, 1.165) is 0 Å². The summed E-state index contributed by atoms with van der Waals surface area (Å²) in [6.45, 7) is 3.31. The molecule has 0 aromatic rings. The van der Waals surface area contributed by atoms with Crippen molar-refractivity contribution >= 4 is 34.9 Å². The summed E-state index contributed by atoms with van der Waals surface area (Å²) in [5.41, 5.74) is 7.94. The Hall–Kier alpha value is -2.98. The predicted molar refractivity (Wildman–Crippen MR) is 113 cm³/mol. The molecule has 10 heteroatoms. The Bertz CT molecular complexity index is 905. The maximum Gasteiger partial charge on any atom is 0.244 e. The van der Waals surface area contributed by atoms with Crippen LogP contribution in [0.4, 0.5) is 0 Å². The van der Waals surface area contributed by atoms with Crippen molar-refractivity contribution in [2.45, 2.75) is 51.6 Å². The number of nitrogens with one attached hydrogen (secondary N) is 2. The summed E-state index contributed by atoms with van der Waals surface area (Å²) in [6, 6.07) is -2.95. The zero-order valence-corrected chi connectivity index (χ0v) is 18.2. The average Bonchev–Trinajstić information content (AvgIpc) is 3.10. The molecule has 1 fully saturated rings. The number of rotatable bonds is 8. The van der Waals surface area contributed by atoms with Gasteiger partial charge in [0.25, 0.3) is 0 Å². The molecule has 0 radical (unpaired) electrons. The number of hydrogen-bond acceptors (Lipinski definition) is 8. The monoisotopic (exact) mass is 444 g/mol. The van der Waals surface area contributed by atoms with Gasteiger partial charge in [-0.05, 0) is 75.9 Å². The molecular weight excluding hydrogens is 416 g/mol. The van der Waals surface area contributed by atoms with Crippen LogP contribution in [0.1, 0.15) is 39.5 Å². The number of carbonyl (C=O) groups is 6. The van der Waals surface area contributed by atoms with Crippen LogP contribution in [0.3, 0.4) is 0 Å². The van der Waals surface area contributed by atoms with E-state index in [2.05, 4.69) is 10.6 Å². The van der Waals surface area contributed by atoms with Crippen LogP contribution in [0.2, 0.25) is 0 Å². The molecule has 0 aromatic carbocycles. The van der Waals surface area contributed by atoms with Crippen LogP contribution < -0.4 is 22.1 Å². The lowest BCUT2D eigenvalue weighted by Crippen LogP contribution is -2.73. The molecule has 1 heterocycles. The smallest absolute Gasteiger partial charge is 0.244 e. The van der Waals surface area contributed by atoms with Crippen LogP contribution in [0.25, 0.3) is 0 Å². The second-order valence-electron chi connectivity index (χ2n) is 8.65. The summed E-state index contributed by atoms with van der Waals surface area (Å²) < 4.78 is 0. The maximum absolute atomic E-state index is 13.2. The minimum Gasteiger partial charge on any atom is -0.341 e. The van der Waals surface area contributed by atoms with Crippen molar-refractivity contribution < 1.29 is 28.8 Å². The van der Waals surface area contributed by atoms with E-state index in [-0.39, 0.29) is 49.9 Å². The fraction of sp³-hybridized carbons (Fsp3) is 0.545. The van der Waals surface area contributed by atoms with Crippen molar-refractivity contribution in [1.29, 1.82) is 0 Å². The van der Waals surface area contributed by atoms with E-state index in [1.165, 1.54) is 26.0 Å². The van der Waals surface area contributed by atoms with Crippen LogP contribution >= 0.6 is 0 Å². The van der Waals surface area contributed by atoms with Gasteiger partial charge in [-0.1, -0.05) is 0 Å². The maximum atomic E-state index is 13.2. The molecule has 2 aliphatic carbocycles. The second-order valence-corrected chi connectivity index (χ2v) is 8.65. The minimum absolute atomic E-state index is 0.0190. The van der Waals surface area contributed by atoms with Gasteiger partial charge >= 0.3 is 0 Å². The lowest BCUT2D eigenvalue weighted by atomic mass is 9.67. The summed E-state index contributed by atoms with van der Waals surface area (Å²) in [4.78, 5) is 78.2. The van der Waals surface area contributed by atoms with Gasteiger partial charge in [-0.2, -0.15) is 0 Å². The van der Waals surface area contributed by atoms with E-state index in [0.29, 0.717) is 0 Å². The van der Waals surface area contributed by atoms with E-state index >= 15 is 0 Å². The van der Waals surface area contributed by atoms with Crippen LogP contribution in [-0.4, -0.2) is 60.1 Å². The third kappa shape index (κ3) is 3.25. The first-order valence-corrected chi connectivity index (χ1v) is 10.6. The molecular formula is C22H28N4O6. The summed E-state index contributed by atoms with van der Waals surface area (Å²) in [5.74, 6) is -3.83. The molecule has 0 bridgehead atoms. The third-order valence-corrected chi connectivity index (χ3v) is 6.73. The van der Waals surface area contributed by atoms with Gasteiger partial charge < -0.3 is 22.1 Å². The van der Waals surface area contributed by atoms with Crippen LogP contribution in [0.15, 0.2) is 23.3 Å². The number of ketones is 4. The molecule has 3 aliphatic rings. The molecule has 4 atom stereocenters. The summed E-state index contributed by atoms with van der Waals surface area (Å²) >= 11 is 0. The summed E-state index contributed by atoms with van der Waals surface area (Å²) in [7, 11) is 0. The molecule has 3 rings (SSSR count). The average molecular weight is 444 g/mol. The fourth-order valence-electron chi connectivity index (χ4n) is 5.06. The Balaban J connectivity index is 1.99. The van der Waals surface area contributed by atoms with E-state index < -0.39 is 57.9 Å². The predicted octanol–water partition coefficient (Wildman–Crippen LogP) is -1.38. The zero-order chi connectivity index (χ0) is 23.8. The first-order chi connectivity index (χ1) is 15.1. The van der Waals surface area contributed by atoms with Gasteiger partial charge in [-0.15, -0.1) is 0 Å². The molecule has 172 valence electrons. The highest BCUT2D eigenvalue weighted by Crippen LogP contribution is 2.43. The van der Waals surface area contributed by atoms with Crippen molar-refractivity contribution in [3.8, 4) is 0 Å². The van der Waals surface area contributed by atoms with Crippen LogP contribution in [0, 0.1) is 10.8 Å². The Kier molecular flexibility index (Phi) is 6.30. The Labute approximate surface area is 185 Å². The lowest BCUT2D eigenvalue weighted by molar-refractivity contribution is -0.154. The van der Waals surface area contributed by atoms with Gasteiger partial charge in [0.2, 0.25) is 11.8 Å². The normalized spacial score (nSPS) is 32.8. The third-order valence-electron chi connectivity index (χ3n) is 6.73. The molecule has 4 unspecified atom stereocenters. The van der Waals surface area contributed by atoms with Gasteiger partial charge in [0.1, 0.15) is 22.9 Å². The van der Waals surface area contributed by atoms with Gasteiger partial charge in [0.05, 0.1) is 0 Å². The largest absolute Gasteiger partial charge is 0.341 e. The van der Waals surface area contributed by atoms with Gasteiger partial charge in [0.15, 0.2) is 23.1 Å². The Morgan fingerprint density at radius 1 is 0.719 bits per heavy atom. The SMILES string of the molecule is CC1=CC(=O)C(CCCN)(C2NC(=O)C(C3(CCCN)C(=O)C=C(C)C3=O)NC2=O)C1=O. The Morgan fingerprint density at radius 3 is 1.31 bits per heavy atom. The fourth-order valence-corrected chi connectivity index (χ4v) is 5.06. The van der Waals surface area contributed by atoms with Crippen molar-refractivity contribution in [2.75, 3.05) is 13.1 Å². The number of Topliss-reactive ketones (excluding diaryl/α,β-unsaturated/α-hetero) is 2. The van der Waals surface area contributed by atoms with Crippen molar-refractivity contribution in [3.05, 3.63) is 23.3 Å². The molecule has 10 nitrogen and oxygen atoms in total. The number of amides is 2. The van der Waals surface area contributed by atoms with E-state index in [4.69, 9.17) is 11.5 Å². The van der Waals surface area contributed by atoms with Gasteiger partial charge in [-0.3, -0.25) is 28.8 Å². The van der Waals surface area contributed by atoms with E-state index in [9.17, 15) is 28.8 Å². The van der Waals surface area contributed by atoms with Gasteiger partial charge in [0, 0.05) is 0 Å². The van der Waals surface area contributed by atoms with Gasteiger partial charge in [-0.25, -0.2) is 0 Å². The highest BCUT2D eigenvalue weighted by atomic mass is 16.2. The molecule has 0 spiro atoms. The molecule has 0 saturated carbocycles. The number of hydrogen-bond donors (Lipinski definition) is 4. The molecule has 1 saturated heterocycles. The van der Waals surface area contributed by atoms with Crippen molar-refractivity contribution in [3.63, 3.8) is 0 Å². The standard InChI is InChI=1S/C22H28N4O6/c1-11-9-13(27)21(17(11)29,5-3-7-23)15-19(31)26-16(20(32)25-15)22(6-4-8-24)14(28)10-12(2)18(22)30/h9-10,15-16H,3-8,23-24H2,1-2H3,(H,25,32)(H,26,31). The van der Waals surface area contributed by atoms with Crippen molar-refractivity contribution in [1.82, 2.24) is 10.6 Å². The lowest BCUT2D eigenvalue weighted by Gasteiger charge is -2.43. The molecule has 2 amide bonds. The Morgan fingerprint density at radius 2 is 1.06 bits per heavy atom. The first-order valence-electron chi connectivity index (χ1n) is 10.6. The number of nitrogens with two attached hydrogens (primary N) is 2. The topological polar surface area (TPSA) is 179 Å². The summed E-state index contributed by atoms with van der Waals surface area (Å²) in [5, 5.41) is 5.00. The highest BCUT2D eigenvalue weighted by Gasteiger charge is 2.63. The molecule has 6 N–H and O–H groups in total.